The first-order chi connectivity index (χ1) is 6.73. The minimum Gasteiger partial charge on any atom is -0.231 e. The fraction of sp³-hybridized carbons (Fsp3) is 0.167. The molecule has 84 valence electrons. The zero-order valence-corrected chi connectivity index (χ0v) is 8.49. The van der Waals surface area contributed by atoms with Gasteiger partial charge in [-0.1, -0.05) is 11.6 Å². The van der Waals surface area contributed by atoms with E-state index in [4.69, 9.17) is 11.6 Å². The monoisotopic (exact) mass is 260 g/mol. The lowest BCUT2D eigenvalue weighted by molar-refractivity contribution is 0.140. The van der Waals surface area contributed by atoms with Gasteiger partial charge in [0, 0.05) is 0 Å². The van der Waals surface area contributed by atoms with E-state index in [0.29, 0.717) is 6.07 Å². The summed E-state index contributed by atoms with van der Waals surface area (Å²) in [4.78, 5) is 2.09. The second-order valence-electron chi connectivity index (χ2n) is 2.49. The van der Waals surface area contributed by atoms with Crippen LogP contribution < -0.4 is 5.14 Å². The van der Waals surface area contributed by atoms with Gasteiger partial charge in [-0.3, -0.25) is 0 Å². The number of sulfonamides is 1. The summed E-state index contributed by atoms with van der Waals surface area (Å²) in [7, 11) is -4.28. The van der Waals surface area contributed by atoms with Crippen molar-refractivity contribution in [1.29, 1.82) is 0 Å². The van der Waals surface area contributed by atoms with Crippen molar-refractivity contribution >= 4 is 21.6 Å². The molecule has 0 saturated carbocycles. The number of nitrogens with two attached hydrogens (primary N) is 1. The van der Waals surface area contributed by atoms with Crippen LogP contribution in [0, 0.1) is 5.82 Å². The first-order valence-corrected chi connectivity index (χ1v) is 5.33. The average molecular weight is 261 g/mol. The zero-order valence-electron chi connectivity index (χ0n) is 6.92. The zero-order chi connectivity index (χ0) is 11.8. The number of nitrogens with zero attached hydrogens (tertiary/aromatic N) is 1. The minimum atomic E-state index is -4.28. The highest BCUT2D eigenvalue weighted by Crippen LogP contribution is 2.26. The van der Waals surface area contributed by atoms with E-state index in [-0.39, 0.29) is 0 Å². The summed E-state index contributed by atoms with van der Waals surface area (Å²) in [6, 6.07) is 0.312. The second-order valence-corrected chi connectivity index (χ2v) is 4.38. The molecule has 0 saturated heterocycles. The van der Waals surface area contributed by atoms with Gasteiger partial charge in [0.25, 0.3) is 6.43 Å². The van der Waals surface area contributed by atoms with Crippen molar-refractivity contribution < 1.29 is 21.6 Å². The summed E-state index contributed by atoms with van der Waals surface area (Å²) in [5.74, 6) is -1.47. The van der Waals surface area contributed by atoms with Gasteiger partial charge in [-0.05, 0) is 6.07 Å². The Labute approximate surface area is 87.9 Å². The van der Waals surface area contributed by atoms with Gasteiger partial charge in [-0.25, -0.2) is 31.7 Å². The molecule has 0 fully saturated rings. The van der Waals surface area contributed by atoms with Crippen LogP contribution in [0.3, 0.4) is 0 Å². The number of rotatable bonds is 2. The Morgan fingerprint density at radius 3 is 2.40 bits per heavy atom. The van der Waals surface area contributed by atoms with Crippen molar-refractivity contribution in [3.05, 3.63) is 22.7 Å². The van der Waals surface area contributed by atoms with Gasteiger partial charge >= 0.3 is 0 Å². The third kappa shape index (κ3) is 2.58. The van der Waals surface area contributed by atoms with E-state index in [1.54, 1.807) is 0 Å². The van der Waals surface area contributed by atoms with Crippen LogP contribution in [-0.4, -0.2) is 13.4 Å². The Morgan fingerprint density at radius 1 is 1.47 bits per heavy atom. The molecular formula is C6H4ClF3N2O2S. The lowest BCUT2D eigenvalue weighted by Crippen LogP contribution is -2.14. The van der Waals surface area contributed by atoms with Crippen LogP contribution in [0.15, 0.2) is 11.0 Å². The Bertz CT molecular complexity index is 491. The van der Waals surface area contributed by atoms with Crippen molar-refractivity contribution in [3.8, 4) is 0 Å². The normalized spacial score (nSPS) is 12.1. The molecular weight excluding hydrogens is 257 g/mol. The Kier molecular flexibility index (Phi) is 3.22. The van der Waals surface area contributed by atoms with E-state index in [9.17, 15) is 21.6 Å². The van der Waals surface area contributed by atoms with Crippen molar-refractivity contribution in [2.75, 3.05) is 0 Å². The highest BCUT2D eigenvalue weighted by molar-refractivity contribution is 7.89. The number of alkyl halides is 2. The minimum absolute atomic E-state index is 0.312. The number of hydrogen-bond donors (Lipinski definition) is 1. The van der Waals surface area contributed by atoms with Gasteiger partial charge < -0.3 is 0 Å². The van der Waals surface area contributed by atoms with E-state index in [2.05, 4.69) is 10.1 Å². The lowest BCUT2D eigenvalue weighted by Gasteiger charge is -2.05. The van der Waals surface area contributed by atoms with Crippen LogP contribution in [0.4, 0.5) is 13.2 Å². The van der Waals surface area contributed by atoms with E-state index in [1.807, 2.05) is 0 Å². The standard InChI is InChI=1S/C6H4ClF3N2O2S/c7-5-3(15(11,13)14)1-2(8)4(12-5)6(9)10/h1,6H,(H2,11,13,14). The molecule has 0 bridgehead atoms. The Morgan fingerprint density at radius 2 is 2.00 bits per heavy atom. The number of aromatic nitrogens is 1. The van der Waals surface area contributed by atoms with Gasteiger partial charge in [0.1, 0.15) is 15.7 Å². The van der Waals surface area contributed by atoms with Crippen LogP contribution in [0.1, 0.15) is 12.1 Å². The largest absolute Gasteiger partial charge is 0.283 e. The predicted molar refractivity (Wildman–Crippen MR) is 45.5 cm³/mol. The van der Waals surface area contributed by atoms with Crippen molar-refractivity contribution in [1.82, 2.24) is 4.98 Å². The first kappa shape index (κ1) is 12.2. The smallest absolute Gasteiger partial charge is 0.231 e. The summed E-state index contributed by atoms with van der Waals surface area (Å²) in [5.41, 5.74) is -1.22. The van der Waals surface area contributed by atoms with Gasteiger partial charge in [-0.15, -0.1) is 0 Å². The number of halogens is 4. The maximum atomic E-state index is 12.9. The van der Waals surface area contributed by atoms with Crippen LogP contribution in [-0.2, 0) is 10.0 Å². The highest BCUT2D eigenvalue weighted by Gasteiger charge is 2.22. The predicted octanol–water partition coefficient (Wildman–Crippen LogP) is 1.46. The van der Waals surface area contributed by atoms with Crippen molar-refractivity contribution in [3.63, 3.8) is 0 Å². The fourth-order valence-electron chi connectivity index (χ4n) is 0.815. The van der Waals surface area contributed by atoms with E-state index in [1.165, 1.54) is 0 Å². The number of primary sulfonamides is 1. The lowest BCUT2D eigenvalue weighted by atomic mass is 10.3. The molecule has 1 aromatic rings. The number of pyridine rings is 1. The maximum absolute atomic E-state index is 12.9. The van der Waals surface area contributed by atoms with Gasteiger partial charge in [-0.2, -0.15) is 0 Å². The quantitative estimate of drug-likeness (QED) is 0.818. The van der Waals surface area contributed by atoms with E-state index in [0.717, 1.165) is 0 Å². The van der Waals surface area contributed by atoms with E-state index >= 15 is 0 Å². The van der Waals surface area contributed by atoms with Crippen LogP contribution in [0.5, 0.6) is 0 Å². The molecule has 0 aliphatic rings. The molecule has 1 rings (SSSR count). The van der Waals surface area contributed by atoms with Gasteiger partial charge in [0.15, 0.2) is 5.82 Å². The summed E-state index contributed by atoms with van der Waals surface area (Å²) < 4.78 is 58.7. The van der Waals surface area contributed by atoms with Crippen LogP contribution in [0.2, 0.25) is 5.15 Å². The third-order valence-corrected chi connectivity index (χ3v) is 2.76. The molecule has 15 heavy (non-hydrogen) atoms. The van der Waals surface area contributed by atoms with E-state index < -0.39 is 38.0 Å². The molecule has 0 spiro atoms. The summed E-state index contributed by atoms with van der Waals surface area (Å²) in [5, 5.41) is 3.86. The van der Waals surface area contributed by atoms with Crippen molar-refractivity contribution in [2.45, 2.75) is 11.3 Å². The molecule has 0 aromatic carbocycles. The second kappa shape index (κ2) is 3.95. The van der Waals surface area contributed by atoms with Crippen molar-refractivity contribution in [2.24, 2.45) is 5.14 Å². The number of hydrogen-bond acceptors (Lipinski definition) is 3. The molecule has 1 heterocycles. The molecule has 0 aliphatic carbocycles. The SMILES string of the molecule is NS(=O)(=O)c1cc(F)c(C(F)F)nc1Cl. The molecule has 0 radical (unpaired) electrons. The van der Waals surface area contributed by atoms with Gasteiger partial charge in [0.2, 0.25) is 10.0 Å². The Balaban J connectivity index is 3.46. The molecule has 0 unspecified atom stereocenters. The fourth-order valence-corrected chi connectivity index (χ4v) is 1.83. The molecule has 9 heteroatoms. The first-order valence-electron chi connectivity index (χ1n) is 3.40. The third-order valence-electron chi connectivity index (χ3n) is 1.44. The van der Waals surface area contributed by atoms with Crippen LogP contribution >= 0.6 is 11.6 Å². The maximum Gasteiger partial charge on any atom is 0.283 e. The summed E-state index contributed by atoms with van der Waals surface area (Å²) >= 11 is 5.26. The molecule has 1 aromatic heterocycles. The van der Waals surface area contributed by atoms with Gasteiger partial charge in [0.05, 0.1) is 0 Å². The molecule has 0 atom stereocenters. The molecule has 0 amide bonds. The molecule has 4 nitrogen and oxygen atoms in total. The highest BCUT2D eigenvalue weighted by atomic mass is 35.5. The topological polar surface area (TPSA) is 73.1 Å². The molecule has 0 aliphatic heterocycles. The Hall–Kier alpha value is -0.860. The summed E-state index contributed by atoms with van der Waals surface area (Å²) in [6.45, 7) is 0. The summed E-state index contributed by atoms with van der Waals surface area (Å²) in [6.07, 6.45) is -3.18. The van der Waals surface area contributed by atoms with Crippen LogP contribution in [0.25, 0.3) is 0 Å². The molecule has 2 N–H and O–H groups in total. The average Bonchev–Trinajstić information content (AvgIpc) is 2.06.